The minimum atomic E-state index is -0.344. The molecule has 0 heterocycles. The standard InChI is InChI=1S/C19H21BrO3/c1-13(2)12-18(14-4-8-16(20)9-5-14)23-17-10-6-15(7-11-17)19(21)22-3/h4-11,13,18H,12H2,1-3H3. The Balaban J connectivity index is 2.17. The lowest BCUT2D eigenvalue weighted by Gasteiger charge is -2.21. The Morgan fingerprint density at radius 3 is 2.17 bits per heavy atom. The van der Waals surface area contributed by atoms with Crippen LogP contribution in [0.4, 0.5) is 0 Å². The minimum Gasteiger partial charge on any atom is -0.486 e. The lowest BCUT2D eigenvalue weighted by atomic mass is 9.99. The van der Waals surface area contributed by atoms with Crippen LogP contribution in [0.5, 0.6) is 5.75 Å². The molecular weight excluding hydrogens is 356 g/mol. The molecule has 1 unspecified atom stereocenters. The van der Waals surface area contributed by atoms with E-state index in [9.17, 15) is 4.79 Å². The zero-order chi connectivity index (χ0) is 16.8. The predicted molar refractivity (Wildman–Crippen MR) is 94.7 cm³/mol. The Hall–Kier alpha value is -1.81. The molecule has 0 spiro atoms. The third-order valence-electron chi connectivity index (χ3n) is 3.48. The fourth-order valence-electron chi connectivity index (χ4n) is 2.31. The first-order valence-electron chi connectivity index (χ1n) is 7.60. The summed E-state index contributed by atoms with van der Waals surface area (Å²) in [5.41, 5.74) is 1.66. The zero-order valence-corrected chi connectivity index (χ0v) is 15.2. The van der Waals surface area contributed by atoms with Crippen LogP contribution in [0.2, 0.25) is 0 Å². The molecule has 0 aliphatic carbocycles. The van der Waals surface area contributed by atoms with Gasteiger partial charge in [-0.2, -0.15) is 0 Å². The van der Waals surface area contributed by atoms with Gasteiger partial charge in [0, 0.05) is 4.47 Å². The van der Waals surface area contributed by atoms with E-state index in [1.807, 2.05) is 12.1 Å². The summed E-state index contributed by atoms with van der Waals surface area (Å²) in [6.07, 6.45) is 0.896. The van der Waals surface area contributed by atoms with Gasteiger partial charge in [-0.3, -0.25) is 0 Å². The van der Waals surface area contributed by atoms with Gasteiger partial charge in [0.25, 0.3) is 0 Å². The Bertz CT molecular complexity index is 633. The number of methoxy groups -OCH3 is 1. The monoisotopic (exact) mass is 376 g/mol. The van der Waals surface area contributed by atoms with E-state index in [1.54, 1.807) is 24.3 Å². The van der Waals surface area contributed by atoms with Crippen molar-refractivity contribution in [3.8, 4) is 5.75 Å². The van der Waals surface area contributed by atoms with E-state index in [1.165, 1.54) is 7.11 Å². The largest absolute Gasteiger partial charge is 0.486 e. The summed E-state index contributed by atoms with van der Waals surface area (Å²) in [6, 6.07) is 15.2. The van der Waals surface area contributed by atoms with Gasteiger partial charge in [0.1, 0.15) is 11.9 Å². The summed E-state index contributed by atoms with van der Waals surface area (Å²) in [4.78, 5) is 11.5. The van der Waals surface area contributed by atoms with Crippen LogP contribution in [0.25, 0.3) is 0 Å². The number of carbonyl (C=O) groups is 1. The van der Waals surface area contributed by atoms with Crippen molar-refractivity contribution < 1.29 is 14.3 Å². The van der Waals surface area contributed by atoms with Crippen molar-refractivity contribution in [1.29, 1.82) is 0 Å². The highest BCUT2D eigenvalue weighted by atomic mass is 79.9. The molecule has 0 aliphatic heterocycles. The molecule has 4 heteroatoms. The number of ether oxygens (including phenoxy) is 2. The van der Waals surface area contributed by atoms with Crippen LogP contribution in [-0.4, -0.2) is 13.1 Å². The lowest BCUT2D eigenvalue weighted by molar-refractivity contribution is 0.0600. The molecule has 0 bridgehead atoms. The second kappa shape index (κ2) is 8.16. The van der Waals surface area contributed by atoms with Crippen LogP contribution in [0.1, 0.15) is 42.3 Å². The molecule has 1 atom stereocenters. The number of halogens is 1. The van der Waals surface area contributed by atoms with E-state index in [0.717, 1.165) is 22.2 Å². The van der Waals surface area contributed by atoms with Crippen LogP contribution in [0.15, 0.2) is 53.0 Å². The van der Waals surface area contributed by atoms with Gasteiger partial charge in [-0.1, -0.05) is 41.9 Å². The normalized spacial score (nSPS) is 12.0. The zero-order valence-electron chi connectivity index (χ0n) is 13.6. The van der Waals surface area contributed by atoms with Gasteiger partial charge in [-0.25, -0.2) is 4.79 Å². The number of benzene rings is 2. The van der Waals surface area contributed by atoms with E-state index < -0.39 is 0 Å². The fraction of sp³-hybridized carbons (Fsp3) is 0.316. The molecule has 0 saturated heterocycles. The Morgan fingerprint density at radius 1 is 1.04 bits per heavy atom. The summed E-state index contributed by atoms with van der Waals surface area (Å²) >= 11 is 3.46. The van der Waals surface area contributed by atoms with E-state index in [0.29, 0.717) is 11.5 Å². The molecule has 23 heavy (non-hydrogen) atoms. The lowest BCUT2D eigenvalue weighted by Crippen LogP contribution is -2.11. The molecule has 0 amide bonds. The van der Waals surface area contributed by atoms with Crippen molar-refractivity contribution in [2.24, 2.45) is 5.92 Å². The molecule has 2 aromatic rings. The predicted octanol–water partition coefficient (Wildman–Crippen LogP) is 5.40. The van der Waals surface area contributed by atoms with Crippen molar-refractivity contribution in [2.75, 3.05) is 7.11 Å². The van der Waals surface area contributed by atoms with E-state index in [-0.39, 0.29) is 12.1 Å². The third kappa shape index (κ3) is 5.10. The maximum absolute atomic E-state index is 11.5. The first kappa shape index (κ1) is 17.5. The van der Waals surface area contributed by atoms with Gasteiger partial charge < -0.3 is 9.47 Å². The van der Waals surface area contributed by atoms with Crippen molar-refractivity contribution in [3.05, 3.63) is 64.1 Å². The Morgan fingerprint density at radius 2 is 1.65 bits per heavy atom. The van der Waals surface area contributed by atoms with Crippen molar-refractivity contribution in [2.45, 2.75) is 26.4 Å². The van der Waals surface area contributed by atoms with Gasteiger partial charge in [-0.05, 0) is 54.3 Å². The third-order valence-corrected chi connectivity index (χ3v) is 4.01. The molecule has 0 saturated carbocycles. The molecule has 0 aromatic heterocycles. The second-order valence-electron chi connectivity index (χ2n) is 5.80. The molecular formula is C19H21BrO3. The minimum absolute atomic E-state index is 0.0212. The fourth-order valence-corrected chi connectivity index (χ4v) is 2.57. The number of carbonyl (C=O) groups excluding carboxylic acids is 1. The Kier molecular flexibility index (Phi) is 6.22. The van der Waals surface area contributed by atoms with Crippen LogP contribution >= 0.6 is 15.9 Å². The summed E-state index contributed by atoms with van der Waals surface area (Å²) in [5, 5.41) is 0. The highest BCUT2D eigenvalue weighted by molar-refractivity contribution is 9.10. The summed E-state index contributed by atoms with van der Waals surface area (Å²) < 4.78 is 11.9. The smallest absolute Gasteiger partial charge is 0.337 e. The van der Waals surface area contributed by atoms with Crippen molar-refractivity contribution in [3.63, 3.8) is 0 Å². The summed E-state index contributed by atoms with van der Waals surface area (Å²) in [6.45, 7) is 4.35. The number of rotatable bonds is 6. The van der Waals surface area contributed by atoms with Crippen molar-refractivity contribution in [1.82, 2.24) is 0 Å². The highest BCUT2D eigenvalue weighted by Crippen LogP contribution is 2.29. The first-order valence-corrected chi connectivity index (χ1v) is 8.39. The first-order chi connectivity index (χ1) is 11.0. The molecule has 0 fully saturated rings. The molecule has 0 radical (unpaired) electrons. The quantitative estimate of drug-likeness (QED) is 0.632. The van der Waals surface area contributed by atoms with Crippen LogP contribution in [0, 0.1) is 5.92 Å². The summed E-state index contributed by atoms with van der Waals surface area (Å²) in [5.74, 6) is 0.910. The van der Waals surface area contributed by atoms with Gasteiger partial charge in [0.15, 0.2) is 0 Å². The molecule has 122 valence electrons. The molecule has 0 N–H and O–H groups in total. The summed E-state index contributed by atoms with van der Waals surface area (Å²) in [7, 11) is 1.37. The van der Waals surface area contributed by atoms with Crippen LogP contribution in [0.3, 0.4) is 0 Å². The van der Waals surface area contributed by atoms with Crippen molar-refractivity contribution >= 4 is 21.9 Å². The van der Waals surface area contributed by atoms with Gasteiger partial charge in [0.05, 0.1) is 12.7 Å². The highest BCUT2D eigenvalue weighted by Gasteiger charge is 2.16. The molecule has 3 nitrogen and oxygen atoms in total. The number of hydrogen-bond donors (Lipinski definition) is 0. The number of hydrogen-bond acceptors (Lipinski definition) is 3. The van der Waals surface area contributed by atoms with Crippen LogP contribution < -0.4 is 4.74 Å². The average Bonchev–Trinajstić information content (AvgIpc) is 2.54. The molecule has 2 aromatic carbocycles. The van der Waals surface area contributed by atoms with E-state index >= 15 is 0 Å². The maximum Gasteiger partial charge on any atom is 0.337 e. The molecule has 2 rings (SSSR count). The topological polar surface area (TPSA) is 35.5 Å². The van der Waals surface area contributed by atoms with Gasteiger partial charge in [-0.15, -0.1) is 0 Å². The SMILES string of the molecule is COC(=O)c1ccc(OC(CC(C)C)c2ccc(Br)cc2)cc1. The van der Waals surface area contributed by atoms with E-state index in [4.69, 9.17) is 9.47 Å². The average molecular weight is 377 g/mol. The second-order valence-corrected chi connectivity index (χ2v) is 6.72. The molecule has 0 aliphatic rings. The van der Waals surface area contributed by atoms with Gasteiger partial charge in [0.2, 0.25) is 0 Å². The van der Waals surface area contributed by atoms with E-state index in [2.05, 4.69) is 41.9 Å². The van der Waals surface area contributed by atoms with Crippen LogP contribution in [-0.2, 0) is 4.74 Å². The maximum atomic E-state index is 11.5. The Labute approximate surface area is 145 Å². The number of esters is 1. The van der Waals surface area contributed by atoms with Gasteiger partial charge >= 0.3 is 5.97 Å².